The van der Waals surface area contributed by atoms with E-state index in [1.807, 2.05) is 29.6 Å². The summed E-state index contributed by atoms with van der Waals surface area (Å²) in [5.41, 5.74) is 5.39. The molecule has 14 nitrogen and oxygen atoms in total. The summed E-state index contributed by atoms with van der Waals surface area (Å²) in [4.78, 5) is 96.1. The number of anilines is 1. The van der Waals surface area contributed by atoms with Gasteiger partial charge in [0.05, 0.1) is 6.42 Å². The van der Waals surface area contributed by atoms with E-state index in [-0.39, 0.29) is 25.7 Å². The van der Waals surface area contributed by atoms with Crippen molar-refractivity contribution in [1.82, 2.24) is 26.6 Å². The molecule has 0 saturated carbocycles. The molecule has 15 heteroatoms. The number of carboxylic acids is 1. The number of carboxylic acid groups (broad SMARTS) is 1. The fourth-order valence-corrected chi connectivity index (χ4v) is 8.33. The van der Waals surface area contributed by atoms with Crippen molar-refractivity contribution in [3.8, 4) is 11.1 Å². The summed E-state index contributed by atoms with van der Waals surface area (Å²) >= 11 is 1.35. The molecule has 1 aromatic heterocycles. The number of hydrogen-bond donors (Lipinski definition) is 7. The largest absolute Gasteiger partial charge is 0.480 e. The van der Waals surface area contributed by atoms with Crippen LogP contribution in [0.1, 0.15) is 54.3 Å². The lowest BCUT2D eigenvalue weighted by Gasteiger charge is -2.27. The molecule has 65 heavy (non-hydrogen) atoms. The Morgan fingerprint density at radius 2 is 1.17 bits per heavy atom. The molecule has 5 unspecified atom stereocenters. The molecule has 4 aromatic carbocycles. The average Bonchev–Trinajstić information content (AvgIpc) is 3.79. The average molecular weight is 899 g/mol. The predicted molar refractivity (Wildman–Crippen MR) is 249 cm³/mol. The van der Waals surface area contributed by atoms with Gasteiger partial charge in [0.25, 0.3) is 0 Å². The van der Waals surface area contributed by atoms with Crippen LogP contribution in [0.15, 0.2) is 121 Å². The van der Waals surface area contributed by atoms with Crippen LogP contribution >= 0.6 is 11.3 Å². The third kappa shape index (κ3) is 14.2. The molecule has 2 aliphatic heterocycles. The number of hydrogen-bond acceptors (Lipinski definition) is 8. The summed E-state index contributed by atoms with van der Waals surface area (Å²) in [6.45, 7) is 5.54. The Balaban J connectivity index is 1.37. The molecule has 0 saturated heterocycles. The maximum Gasteiger partial charge on any atom is 0.326 e. The summed E-state index contributed by atoms with van der Waals surface area (Å²) < 4.78 is 0. The number of amides is 6. The number of fused-ring (bicyclic) bond motifs is 18. The third-order valence-electron chi connectivity index (χ3n) is 10.9. The maximum atomic E-state index is 14.6. The van der Waals surface area contributed by atoms with Gasteiger partial charge in [-0.15, -0.1) is 11.3 Å². The Labute approximate surface area is 382 Å². The van der Waals surface area contributed by atoms with Gasteiger partial charge in [-0.2, -0.15) is 0 Å². The molecule has 2 bridgehead atoms. The quantitative estimate of drug-likeness (QED) is 0.0918. The summed E-state index contributed by atoms with van der Waals surface area (Å²) in [5.74, 6) is -5.03. The Morgan fingerprint density at radius 3 is 1.71 bits per heavy atom. The van der Waals surface area contributed by atoms with E-state index >= 15 is 0 Å². The van der Waals surface area contributed by atoms with Crippen molar-refractivity contribution < 1.29 is 38.7 Å². The van der Waals surface area contributed by atoms with Gasteiger partial charge in [0.1, 0.15) is 30.2 Å². The minimum Gasteiger partial charge on any atom is -0.480 e. The zero-order valence-corrected chi connectivity index (χ0v) is 37.3. The maximum absolute atomic E-state index is 14.6. The summed E-state index contributed by atoms with van der Waals surface area (Å²) in [6.07, 6.45) is 0.309. The topological polar surface area (TPSA) is 212 Å². The van der Waals surface area contributed by atoms with E-state index in [0.29, 0.717) is 28.3 Å². The van der Waals surface area contributed by atoms with E-state index in [1.54, 1.807) is 66.7 Å². The lowest BCUT2D eigenvalue weighted by atomic mass is 9.97. The number of carbonyl (C=O) groups excluding carboxylic acids is 6. The summed E-state index contributed by atoms with van der Waals surface area (Å²) in [7, 11) is 0. The highest BCUT2D eigenvalue weighted by atomic mass is 32.1. The monoisotopic (exact) mass is 898 g/mol. The van der Waals surface area contributed by atoms with Crippen molar-refractivity contribution in [2.24, 2.45) is 5.92 Å². The van der Waals surface area contributed by atoms with E-state index in [0.717, 1.165) is 22.4 Å². The second kappa shape index (κ2) is 22.5. The highest BCUT2D eigenvalue weighted by Crippen LogP contribution is 2.23. The highest BCUT2D eigenvalue weighted by Gasteiger charge is 2.34. The molecule has 3 heterocycles. The summed E-state index contributed by atoms with van der Waals surface area (Å²) in [5, 5.41) is 28.2. The van der Waals surface area contributed by atoms with Crippen LogP contribution in [0, 0.1) is 5.92 Å². The first-order chi connectivity index (χ1) is 31.2. The van der Waals surface area contributed by atoms with E-state index in [9.17, 15) is 38.7 Å². The van der Waals surface area contributed by atoms with Gasteiger partial charge in [-0.3, -0.25) is 28.8 Å². The zero-order valence-electron chi connectivity index (χ0n) is 36.5. The Kier molecular flexibility index (Phi) is 16.4. The number of thiophene rings is 1. The van der Waals surface area contributed by atoms with Crippen LogP contribution in [0.4, 0.5) is 5.69 Å². The molecule has 7 rings (SSSR count). The normalized spacial score (nSPS) is 20.1. The lowest BCUT2D eigenvalue weighted by molar-refractivity contribution is -0.142. The van der Waals surface area contributed by atoms with Crippen molar-refractivity contribution in [2.45, 2.75) is 89.5 Å². The molecular formula is C50H54N6O8S. The zero-order chi connectivity index (χ0) is 46.5. The standard InChI is InChI=1S/C50H54N6O8S/c1-30(2)24-33-11-17-36(18-12-33)37-19-13-34(14-20-37)26-41-46(59)53-40(25-32-8-5-4-6-9-32)47(60)56-44(50(63)64)27-35-15-21-38(22-16-35)52-45(58)29-43(51-31(3)57)49(62)55-42(48(61)54-41)28-39-10-7-23-65-39/h4-23,30,40-44H,24-29H2,1-3H3,(H,51,57)(H,52,58)(H,53,59)(H,54,61)(H,55,62)(H,56,60)(H,63,64). The molecule has 0 fully saturated rings. The van der Waals surface area contributed by atoms with Crippen LogP contribution in [0.3, 0.4) is 0 Å². The second-order valence-corrected chi connectivity index (χ2v) is 17.7. The smallest absolute Gasteiger partial charge is 0.326 e. The Hall–Kier alpha value is -7.13. The van der Waals surface area contributed by atoms with Gasteiger partial charge >= 0.3 is 5.97 Å². The number of nitrogens with one attached hydrogen (secondary N) is 6. The fourth-order valence-electron chi connectivity index (χ4n) is 7.58. The fraction of sp³-hybridized carbons (Fsp3) is 0.300. The van der Waals surface area contributed by atoms with Gasteiger partial charge in [-0.05, 0) is 69.3 Å². The Morgan fingerprint density at radius 1 is 0.631 bits per heavy atom. The van der Waals surface area contributed by atoms with Crippen LogP contribution in [0.5, 0.6) is 0 Å². The van der Waals surface area contributed by atoms with E-state index < -0.39 is 78.0 Å². The molecule has 7 N–H and O–H groups in total. The van der Waals surface area contributed by atoms with Crippen LogP contribution in [0.25, 0.3) is 11.1 Å². The number of aliphatic carboxylic acids is 1. The summed E-state index contributed by atoms with van der Waals surface area (Å²) in [6, 6.07) is 28.0. The molecular weight excluding hydrogens is 845 g/mol. The van der Waals surface area contributed by atoms with Crippen LogP contribution < -0.4 is 31.9 Å². The number of rotatable bonds is 11. The van der Waals surface area contributed by atoms with E-state index in [4.69, 9.17) is 0 Å². The van der Waals surface area contributed by atoms with E-state index in [2.05, 4.69) is 70.0 Å². The first-order valence-corrected chi connectivity index (χ1v) is 22.4. The molecule has 0 aliphatic carbocycles. The van der Waals surface area contributed by atoms with Crippen LogP contribution in [-0.2, 0) is 65.7 Å². The van der Waals surface area contributed by atoms with Gasteiger partial charge in [-0.1, -0.05) is 111 Å². The van der Waals surface area contributed by atoms with Crippen molar-refractivity contribution >= 4 is 58.4 Å². The molecule has 2 aliphatic rings. The number of carbonyl (C=O) groups is 7. The van der Waals surface area contributed by atoms with Crippen molar-refractivity contribution in [3.05, 3.63) is 148 Å². The predicted octanol–water partition coefficient (Wildman–Crippen LogP) is 4.75. The highest BCUT2D eigenvalue weighted by molar-refractivity contribution is 7.09. The molecule has 5 atom stereocenters. The minimum absolute atomic E-state index is 0.00787. The Bertz CT molecular complexity index is 2440. The van der Waals surface area contributed by atoms with Gasteiger partial charge in [0.15, 0.2) is 0 Å². The van der Waals surface area contributed by atoms with Gasteiger partial charge < -0.3 is 37.0 Å². The lowest BCUT2D eigenvalue weighted by Crippen LogP contribution is -2.60. The van der Waals surface area contributed by atoms with Gasteiger partial charge in [-0.25, -0.2) is 4.79 Å². The van der Waals surface area contributed by atoms with Crippen molar-refractivity contribution in [1.29, 1.82) is 0 Å². The SMILES string of the molecule is CC(=O)NC1CC(=O)Nc2ccc(cc2)CC(C(=O)O)NC(=O)C(Cc2ccccc2)NC(=O)C(Cc2ccc(-c3ccc(CC(C)C)cc3)cc2)NC(=O)C(Cc2cccs2)NC1=O. The molecule has 5 aromatic rings. The molecule has 0 spiro atoms. The molecule has 338 valence electrons. The van der Waals surface area contributed by atoms with Gasteiger partial charge in [0.2, 0.25) is 35.4 Å². The third-order valence-corrected chi connectivity index (χ3v) is 11.8. The van der Waals surface area contributed by atoms with Gasteiger partial charge in [0, 0.05) is 43.2 Å². The number of benzene rings is 4. The first-order valence-electron chi connectivity index (χ1n) is 21.5. The first kappa shape index (κ1) is 47.4. The second-order valence-electron chi connectivity index (χ2n) is 16.7. The van der Waals surface area contributed by atoms with Crippen LogP contribution in [0.2, 0.25) is 0 Å². The van der Waals surface area contributed by atoms with Crippen LogP contribution in [-0.4, -0.2) is 76.7 Å². The molecule has 0 radical (unpaired) electrons. The molecule has 6 amide bonds. The van der Waals surface area contributed by atoms with Crippen molar-refractivity contribution in [3.63, 3.8) is 0 Å². The van der Waals surface area contributed by atoms with E-state index in [1.165, 1.54) is 23.8 Å². The minimum atomic E-state index is -1.40. The van der Waals surface area contributed by atoms with Crippen molar-refractivity contribution in [2.75, 3.05) is 5.32 Å².